The molecule has 0 saturated heterocycles. The maximum Gasteiger partial charge on any atom is 0.311 e. The molecular formula is C19H22FNO2. The van der Waals surface area contributed by atoms with Crippen LogP contribution in [0.4, 0.5) is 4.39 Å². The molecule has 3 nitrogen and oxygen atoms in total. The third-order valence-electron chi connectivity index (χ3n) is 3.61. The standard InChI is InChI=1S/C19H22FNO2/c1-14-10-11-17(20)16(12-14)8-5-9-18(21)23-19(22)13-15-6-3-2-4-7-15/h2-4,6-7,10-12,18H,5,8-9,13,21H2,1H3. The quantitative estimate of drug-likeness (QED) is 0.628. The predicted molar refractivity (Wildman–Crippen MR) is 88.3 cm³/mol. The van der Waals surface area contributed by atoms with Crippen LogP contribution in [0.15, 0.2) is 48.5 Å². The molecule has 23 heavy (non-hydrogen) atoms. The molecule has 1 unspecified atom stereocenters. The van der Waals surface area contributed by atoms with Gasteiger partial charge in [0.05, 0.1) is 6.42 Å². The van der Waals surface area contributed by atoms with Crippen LogP contribution in [0.2, 0.25) is 0 Å². The van der Waals surface area contributed by atoms with Crippen LogP contribution in [-0.4, -0.2) is 12.2 Å². The van der Waals surface area contributed by atoms with Gasteiger partial charge in [-0.3, -0.25) is 10.5 Å². The molecule has 122 valence electrons. The number of halogens is 1. The molecule has 2 aromatic carbocycles. The van der Waals surface area contributed by atoms with Gasteiger partial charge in [0.15, 0.2) is 6.23 Å². The highest BCUT2D eigenvalue weighted by molar-refractivity contribution is 5.72. The molecule has 0 amide bonds. The summed E-state index contributed by atoms with van der Waals surface area (Å²) >= 11 is 0. The van der Waals surface area contributed by atoms with E-state index in [1.807, 2.05) is 43.3 Å². The molecule has 0 radical (unpaired) electrons. The number of hydrogen-bond donors (Lipinski definition) is 1. The first-order chi connectivity index (χ1) is 11.0. The fourth-order valence-corrected chi connectivity index (χ4v) is 2.42. The van der Waals surface area contributed by atoms with Crippen molar-refractivity contribution in [3.63, 3.8) is 0 Å². The molecule has 0 fully saturated rings. The van der Waals surface area contributed by atoms with Crippen LogP contribution in [0, 0.1) is 12.7 Å². The third-order valence-corrected chi connectivity index (χ3v) is 3.61. The van der Waals surface area contributed by atoms with Crippen molar-refractivity contribution in [3.8, 4) is 0 Å². The van der Waals surface area contributed by atoms with Crippen LogP contribution in [0.3, 0.4) is 0 Å². The largest absolute Gasteiger partial charge is 0.447 e. The SMILES string of the molecule is Cc1ccc(F)c(CCCC(N)OC(=O)Cc2ccccc2)c1. The zero-order valence-electron chi connectivity index (χ0n) is 13.3. The van der Waals surface area contributed by atoms with Crippen molar-refractivity contribution < 1.29 is 13.9 Å². The summed E-state index contributed by atoms with van der Waals surface area (Å²) in [4.78, 5) is 11.8. The van der Waals surface area contributed by atoms with E-state index in [0.29, 0.717) is 24.8 Å². The summed E-state index contributed by atoms with van der Waals surface area (Å²) in [6.45, 7) is 1.93. The van der Waals surface area contributed by atoms with E-state index < -0.39 is 6.23 Å². The second-order valence-electron chi connectivity index (χ2n) is 5.68. The van der Waals surface area contributed by atoms with Crippen molar-refractivity contribution in [2.24, 2.45) is 5.73 Å². The summed E-state index contributed by atoms with van der Waals surface area (Å²) in [5.41, 5.74) is 8.42. The Labute approximate surface area is 136 Å². The van der Waals surface area contributed by atoms with Crippen molar-refractivity contribution in [1.82, 2.24) is 0 Å². The van der Waals surface area contributed by atoms with E-state index in [2.05, 4.69) is 0 Å². The van der Waals surface area contributed by atoms with Crippen molar-refractivity contribution in [2.45, 2.75) is 38.8 Å². The number of hydrogen-bond acceptors (Lipinski definition) is 3. The summed E-state index contributed by atoms with van der Waals surface area (Å²) in [7, 11) is 0. The van der Waals surface area contributed by atoms with Gasteiger partial charge < -0.3 is 4.74 Å². The molecule has 0 spiro atoms. The number of esters is 1. The summed E-state index contributed by atoms with van der Waals surface area (Å²) in [5, 5.41) is 0. The molecule has 0 saturated carbocycles. The average Bonchev–Trinajstić information content (AvgIpc) is 2.51. The van der Waals surface area contributed by atoms with Gasteiger partial charge in [-0.25, -0.2) is 4.39 Å². The van der Waals surface area contributed by atoms with Gasteiger partial charge in [0.1, 0.15) is 5.82 Å². The first-order valence-electron chi connectivity index (χ1n) is 7.78. The number of nitrogens with two attached hydrogens (primary N) is 1. The Morgan fingerprint density at radius 1 is 1.22 bits per heavy atom. The lowest BCUT2D eigenvalue weighted by atomic mass is 10.0. The summed E-state index contributed by atoms with van der Waals surface area (Å²) < 4.78 is 18.8. The van der Waals surface area contributed by atoms with Gasteiger partial charge in [-0.1, -0.05) is 48.0 Å². The van der Waals surface area contributed by atoms with Crippen LogP contribution < -0.4 is 5.73 Å². The monoisotopic (exact) mass is 315 g/mol. The topological polar surface area (TPSA) is 52.3 Å². The van der Waals surface area contributed by atoms with Gasteiger partial charge in [0.25, 0.3) is 0 Å². The lowest BCUT2D eigenvalue weighted by Crippen LogP contribution is -2.28. The predicted octanol–water partition coefficient (Wildman–Crippen LogP) is 3.53. The molecule has 0 bridgehead atoms. The Balaban J connectivity index is 1.73. The maximum absolute atomic E-state index is 13.6. The van der Waals surface area contributed by atoms with E-state index in [0.717, 1.165) is 11.1 Å². The fraction of sp³-hybridized carbons (Fsp3) is 0.316. The molecule has 2 N–H and O–H groups in total. The van der Waals surface area contributed by atoms with Crippen molar-refractivity contribution >= 4 is 5.97 Å². The highest BCUT2D eigenvalue weighted by atomic mass is 19.1. The second kappa shape index (κ2) is 8.44. The Morgan fingerprint density at radius 3 is 2.70 bits per heavy atom. The van der Waals surface area contributed by atoms with Gasteiger partial charge in [-0.15, -0.1) is 0 Å². The van der Waals surface area contributed by atoms with Gasteiger partial charge >= 0.3 is 5.97 Å². The first-order valence-corrected chi connectivity index (χ1v) is 7.78. The Kier molecular flexibility index (Phi) is 6.29. The highest BCUT2D eigenvalue weighted by Crippen LogP contribution is 2.14. The van der Waals surface area contributed by atoms with Crippen molar-refractivity contribution in [3.05, 3.63) is 71.0 Å². The van der Waals surface area contributed by atoms with E-state index in [9.17, 15) is 9.18 Å². The lowest BCUT2D eigenvalue weighted by molar-refractivity contribution is -0.148. The van der Waals surface area contributed by atoms with Crippen LogP contribution in [0.1, 0.15) is 29.5 Å². The van der Waals surface area contributed by atoms with Crippen LogP contribution >= 0.6 is 0 Å². The smallest absolute Gasteiger partial charge is 0.311 e. The van der Waals surface area contributed by atoms with Gasteiger partial charge in [-0.05, 0) is 43.4 Å². The van der Waals surface area contributed by atoms with Crippen LogP contribution in [0.25, 0.3) is 0 Å². The number of carbonyl (C=O) groups is 1. The molecule has 1 atom stereocenters. The van der Waals surface area contributed by atoms with Crippen LogP contribution in [-0.2, 0) is 22.4 Å². The molecule has 2 aromatic rings. The zero-order chi connectivity index (χ0) is 16.7. The summed E-state index contributed by atoms with van der Waals surface area (Å²) in [5.74, 6) is -0.546. The van der Waals surface area contributed by atoms with Gasteiger partial charge in [0.2, 0.25) is 0 Å². The number of benzene rings is 2. The Hall–Kier alpha value is -2.20. The molecule has 0 aliphatic heterocycles. The number of ether oxygens (including phenoxy) is 1. The van der Waals surface area contributed by atoms with Gasteiger partial charge in [0, 0.05) is 0 Å². The Morgan fingerprint density at radius 2 is 1.96 bits per heavy atom. The summed E-state index contributed by atoms with van der Waals surface area (Å²) in [6, 6.07) is 14.4. The molecule has 0 heterocycles. The minimum absolute atomic E-state index is 0.203. The zero-order valence-corrected chi connectivity index (χ0v) is 13.3. The normalized spacial score (nSPS) is 12.0. The highest BCUT2D eigenvalue weighted by Gasteiger charge is 2.11. The van der Waals surface area contributed by atoms with Crippen LogP contribution in [0.5, 0.6) is 0 Å². The molecular weight excluding hydrogens is 293 g/mol. The second-order valence-corrected chi connectivity index (χ2v) is 5.68. The number of carbonyl (C=O) groups excluding carboxylic acids is 1. The molecule has 0 aromatic heterocycles. The van der Waals surface area contributed by atoms with E-state index in [1.165, 1.54) is 6.07 Å². The minimum atomic E-state index is -0.654. The van der Waals surface area contributed by atoms with Crippen molar-refractivity contribution in [1.29, 1.82) is 0 Å². The van der Waals surface area contributed by atoms with E-state index in [1.54, 1.807) is 6.07 Å². The summed E-state index contributed by atoms with van der Waals surface area (Å²) in [6.07, 6.45) is 1.31. The molecule has 0 aliphatic carbocycles. The minimum Gasteiger partial charge on any atom is -0.447 e. The van der Waals surface area contributed by atoms with Gasteiger partial charge in [-0.2, -0.15) is 0 Å². The van der Waals surface area contributed by atoms with E-state index in [4.69, 9.17) is 10.5 Å². The first kappa shape index (κ1) is 17.2. The molecule has 4 heteroatoms. The van der Waals surface area contributed by atoms with E-state index >= 15 is 0 Å². The number of aryl methyl sites for hydroxylation is 2. The maximum atomic E-state index is 13.6. The molecule has 0 aliphatic rings. The fourth-order valence-electron chi connectivity index (χ4n) is 2.42. The molecule has 2 rings (SSSR count). The number of rotatable bonds is 7. The average molecular weight is 315 g/mol. The van der Waals surface area contributed by atoms with E-state index in [-0.39, 0.29) is 18.2 Å². The Bertz CT molecular complexity index is 643. The lowest BCUT2D eigenvalue weighted by Gasteiger charge is -2.13. The third kappa shape index (κ3) is 5.83. The van der Waals surface area contributed by atoms with Crippen molar-refractivity contribution in [2.75, 3.05) is 0 Å².